The summed E-state index contributed by atoms with van der Waals surface area (Å²) in [7, 11) is 0. The molecule has 0 aliphatic heterocycles. The van der Waals surface area contributed by atoms with Crippen LogP contribution >= 0.6 is 0 Å². The van der Waals surface area contributed by atoms with Crippen LogP contribution in [0.15, 0.2) is 48.5 Å². The first-order chi connectivity index (χ1) is 12.2. The van der Waals surface area contributed by atoms with E-state index in [0.717, 1.165) is 0 Å². The Bertz CT molecular complexity index is 1220. The van der Waals surface area contributed by atoms with Crippen molar-refractivity contribution in [1.29, 1.82) is 0 Å². The van der Waals surface area contributed by atoms with Crippen molar-refractivity contribution in [3.63, 3.8) is 0 Å². The molecule has 0 saturated carbocycles. The number of hydrogen-bond acceptors (Lipinski definition) is 0. The standard InChI is InChI=1S/C26H26/c1-25(2,3)19-14-20(26(4,5)6)23-18-9-7-8-15-10-11-16-12-13-17(19)24(23)22(16)21(15)18/h7-14H,1-6H3. The summed E-state index contributed by atoms with van der Waals surface area (Å²) < 4.78 is 0. The Kier molecular flexibility index (Phi) is 2.86. The van der Waals surface area contributed by atoms with Gasteiger partial charge in [0.25, 0.3) is 0 Å². The van der Waals surface area contributed by atoms with Gasteiger partial charge in [-0.25, -0.2) is 0 Å². The van der Waals surface area contributed by atoms with Crippen LogP contribution in [0.4, 0.5) is 0 Å². The molecule has 0 aromatic heterocycles. The lowest BCUT2D eigenvalue weighted by Crippen LogP contribution is -2.18. The smallest absolute Gasteiger partial charge is 0.00141 e. The third-order valence-corrected chi connectivity index (χ3v) is 6.01. The molecule has 0 heteroatoms. The number of benzene rings is 4. The molecule has 0 radical (unpaired) electrons. The van der Waals surface area contributed by atoms with Gasteiger partial charge in [0.2, 0.25) is 0 Å². The molecule has 0 N–H and O–H groups in total. The van der Waals surface area contributed by atoms with Crippen molar-refractivity contribution in [2.24, 2.45) is 0 Å². The van der Waals surface area contributed by atoms with Crippen LogP contribution in [0, 0.1) is 0 Å². The highest BCUT2D eigenvalue weighted by Gasteiger charge is 2.31. The molecular formula is C26H26. The summed E-state index contributed by atoms with van der Waals surface area (Å²) in [4.78, 5) is 0. The van der Waals surface area contributed by atoms with E-state index in [2.05, 4.69) is 90.1 Å². The second-order valence-electron chi connectivity index (χ2n) is 9.90. The summed E-state index contributed by atoms with van der Waals surface area (Å²) in [5, 5.41) is 8.53. The average molecular weight is 338 g/mol. The summed E-state index contributed by atoms with van der Waals surface area (Å²) in [6, 6.07) is 18.5. The molecule has 26 heavy (non-hydrogen) atoms. The van der Waals surface area contributed by atoms with Gasteiger partial charge in [-0.2, -0.15) is 0 Å². The summed E-state index contributed by atoms with van der Waals surface area (Å²) in [5.41, 5.74) is 6.06. The minimum absolute atomic E-state index is 0.107. The van der Waals surface area contributed by atoms with Crippen molar-refractivity contribution in [1.82, 2.24) is 0 Å². The van der Waals surface area contributed by atoms with Gasteiger partial charge in [0.1, 0.15) is 0 Å². The van der Waals surface area contributed by atoms with E-state index in [-0.39, 0.29) is 10.8 Å². The van der Waals surface area contributed by atoms with Crippen molar-refractivity contribution in [3.8, 4) is 11.1 Å². The van der Waals surface area contributed by atoms with Gasteiger partial charge in [0.05, 0.1) is 0 Å². The Balaban J connectivity index is 2.14. The van der Waals surface area contributed by atoms with Gasteiger partial charge in [0.15, 0.2) is 0 Å². The molecule has 4 aromatic rings. The number of rotatable bonds is 0. The van der Waals surface area contributed by atoms with Gasteiger partial charge in [-0.1, -0.05) is 90.1 Å². The molecule has 1 aliphatic carbocycles. The van der Waals surface area contributed by atoms with E-state index in [1.807, 2.05) is 0 Å². The van der Waals surface area contributed by atoms with E-state index < -0.39 is 0 Å². The molecule has 0 saturated heterocycles. The molecule has 4 aromatic carbocycles. The van der Waals surface area contributed by atoms with Crippen LogP contribution in [0.25, 0.3) is 43.4 Å². The van der Waals surface area contributed by atoms with Gasteiger partial charge in [-0.15, -0.1) is 0 Å². The zero-order valence-corrected chi connectivity index (χ0v) is 16.6. The van der Waals surface area contributed by atoms with E-state index in [4.69, 9.17) is 0 Å². The fourth-order valence-electron chi connectivity index (χ4n) is 4.81. The van der Waals surface area contributed by atoms with Crippen LogP contribution < -0.4 is 0 Å². The summed E-state index contributed by atoms with van der Waals surface area (Å²) >= 11 is 0. The maximum absolute atomic E-state index is 2.49. The van der Waals surface area contributed by atoms with E-state index in [9.17, 15) is 0 Å². The third kappa shape index (κ3) is 1.91. The van der Waals surface area contributed by atoms with Crippen LogP contribution in [0.1, 0.15) is 52.7 Å². The average Bonchev–Trinajstić information content (AvgIpc) is 2.91. The predicted octanol–water partition coefficient (Wildman–Crippen LogP) is 7.72. The fraction of sp³-hybridized carbons (Fsp3) is 0.308. The highest BCUT2D eigenvalue weighted by molar-refractivity contribution is 6.33. The Morgan fingerprint density at radius 3 is 1.85 bits per heavy atom. The number of hydrogen-bond donors (Lipinski definition) is 0. The summed E-state index contributed by atoms with van der Waals surface area (Å²) in [6.07, 6.45) is 0. The van der Waals surface area contributed by atoms with Crippen molar-refractivity contribution in [2.45, 2.75) is 52.4 Å². The van der Waals surface area contributed by atoms with Crippen LogP contribution in [0.2, 0.25) is 0 Å². The molecule has 0 amide bonds. The van der Waals surface area contributed by atoms with Crippen molar-refractivity contribution in [2.75, 3.05) is 0 Å². The van der Waals surface area contributed by atoms with Crippen molar-refractivity contribution >= 4 is 32.3 Å². The Morgan fingerprint density at radius 2 is 1.19 bits per heavy atom. The lowest BCUT2D eigenvalue weighted by molar-refractivity contribution is 0.574. The van der Waals surface area contributed by atoms with E-state index in [0.29, 0.717) is 0 Å². The highest BCUT2D eigenvalue weighted by atomic mass is 14.3. The minimum atomic E-state index is 0.107. The first kappa shape index (κ1) is 15.9. The lowest BCUT2D eigenvalue weighted by Gasteiger charge is -2.29. The van der Waals surface area contributed by atoms with E-state index >= 15 is 0 Å². The largest absolute Gasteiger partial charge is 0.0610 e. The van der Waals surface area contributed by atoms with E-state index in [1.165, 1.54) is 54.6 Å². The van der Waals surface area contributed by atoms with E-state index in [1.54, 1.807) is 0 Å². The molecule has 0 spiro atoms. The zero-order valence-electron chi connectivity index (χ0n) is 16.6. The monoisotopic (exact) mass is 338 g/mol. The van der Waals surface area contributed by atoms with Gasteiger partial charge in [-0.05, 0) is 65.4 Å². The van der Waals surface area contributed by atoms with Crippen LogP contribution in [-0.4, -0.2) is 0 Å². The molecule has 0 atom stereocenters. The summed E-state index contributed by atoms with van der Waals surface area (Å²) in [6.45, 7) is 14.1. The quantitative estimate of drug-likeness (QED) is 0.253. The third-order valence-electron chi connectivity index (χ3n) is 6.01. The van der Waals surface area contributed by atoms with Crippen molar-refractivity contribution < 1.29 is 0 Å². The van der Waals surface area contributed by atoms with Gasteiger partial charge in [0, 0.05) is 0 Å². The molecule has 0 unspecified atom stereocenters. The van der Waals surface area contributed by atoms with Crippen LogP contribution in [0.5, 0.6) is 0 Å². The van der Waals surface area contributed by atoms with Crippen molar-refractivity contribution in [3.05, 3.63) is 59.7 Å². The zero-order chi connectivity index (χ0) is 18.4. The Hall–Kier alpha value is -2.34. The fourth-order valence-corrected chi connectivity index (χ4v) is 4.81. The second kappa shape index (κ2) is 4.68. The molecule has 1 aliphatic rings. The second-order valence-corrected chi connectivity index (χ2v) is 9.90. The molecular weight excluding hydrogens is 312 g/mol. The van der Waals surface area contributed by atoms with Crippen LogP contribution in [-0.2, 0) is 10.8 Å². The Labute approximate surface area is 155 Å². The molecule has 0 bridgehead atoms. The highest BCUT2D eigenvalue weighted by Crippen LogP contribution is 2.52. The lowest BCUT2D eigenvalue weighted by atomic mass is 9.75. The first-order valence-electron chi connectivity index (χ1n) is 9.64. The van der Waals surface area contributed by atoms with Gasteiger partial charge >= 0.3 is 0 Å². The SMILES string of the molecule is CC(C)(C)c1cc(C(C)(C)C)c2ccc3ccc4cccc5c4c3c2c1-5. The molecule has 0 fully saturated rings. The van der Waals surface area contributed by atoms with Gasteiger partial charge in [-0.3, -0.25) is 0 Å². The maximum atomic E-state index is 2.49. The Morgan fingerprint density at radius 1 is 0.577 bits per heavy atom. The normalized spacial score (nSPS) is 13.8. The topological polar surface area (TPSA) is 0 Å². The molecule has 0 heterocycles. The molecule has 0 nitrogen and oxygen atoms in total. The van der Waals surface area contributed by atoms with Gasteiger partial charge < -0.3 is 0 Å². The summed E-state index contributed by atoms with van der Waals surface area (Å²) in [5.74, 6) is 0. The molecule has 130 valence electrons. The molecule has 5 rings (SSSR count). The van der Waals surface area contributed by atoms with Crippen LogP contribution in [0.3, 0.4) is 0 Å². The maximum Gasteiger partial charge on any atom is -0.00141 e. The minimum Gasteiger partial charge on any atom is -0.0610 e. The first-order valence-corrected chi connectivity index (χ1v) is 9.64. The number of fused-ring (bicyclic) bond motifs is 1. The predicted molar refractivity (Wildman–Crippen MR) is 115 cm³/mol.